The van der Waals surface area contributed by atoms with Gasteiger partial charge in [-0.05, 0) is 67.1 Å². The van der Waals surface area contributed by atoms with Crippen molar-refractivity contribution in [3.63, 3.8) is 0 Å². The molecule has 3 rings (SSSR count). The van der Waals surface area contributed by atoms with Crippen LogP contribution in [0.5, 0.6) is 5.75 Å². The lowest BCUT2D eigenvalue weighted by Gasteiger charge is -2.31. The molecule has 24 heavy (non-hydrogen) atoms. The van der Waals surface area contributed by atoms with Crippen molar-refractivity contribution in [2.75, 3.05) is 0 Å². The van der Waals surface area contributed by atoms with Gasteiger partial charge in [0.2, 0.25) is 0 Å². The lowest BCUT2D eigenvalue weighted by atomic mass is 9.74. The average Bonchev–Trinajstić information content (AvgIpc) is 2.59. The van der Waals surface area contributed by atoms with Gasteiger partial charge in [-0.2, -0.15) is 0 Å². The Kier molecular flexibility index (Phi) is 6.62. The standard InChI is InChI=1S/C21H34OP2/c1-14-2-4-15(5-3-14)6-7-16-8-10-17(11-9-16)18-12-19(23)21(22)20(24)13-18/h12-17,22H,2-11,23-24H2,1H3. The summed E-state index contributed by atoms with van der Waals surface area (Å²) in [5, 5.41) is 11.8. The van der Waals surface area contributed by atoms with E-state index in [-0.39, 0.29) is 0 Å². The Morgan fingerprint density at radius 2 is 1.29 bits per heavy atom. The summed E-state index contributed by atoms with van der Waals surface area (Å²) in [4.78, 5) is 0. The molecule has 2 aliphatic carbocycles. The molecule has 0 heterocycles. The first-order chi connectivity index (χ1) is 11.5. The van der Waals surface area contributed by atoms with E-state index in [4.69, 9.17) is 0 Å². The summed E-state index contributed by atoms with van der Waals surface area (Å²) >= 11 is 0. The van der Waals surface area contributed by atoms with E-state index in [9.17, 15) is 5.11 Å². The first kappa shape index (κ1) is 18.7. The molecular formula is C21H34OP2. The predicted octanol–water partition coefficient (Wildman–Crippen LogP) is 5.27. The monoisotopic (exact) mass is 364 g/mol. The highest BCUT2D eigenvalue weighted by Crippen LogP contribution is 2.39. The minimum Gasteiger partial charge on any atom is -0.507 e. The number of hydrogen-bond donors (Lipinski definition) is 1. The van der Waals surface area contributed by atoms with E-state index in [2.05, 4.69) is 37.5 Å². The quantitative estimate of drug-likeness (QED) is 0.721. The summed E-state index contributed by atoms with van der Waals surface area (Å²) in [6.07, 6.45) is 14.3. The van der Waals surface area contributed by atoms with Crippen LogP contribution in [-0.4, -0.2) is 5.11 Å². The Balaban J connectivity index is 1.46. The van der Waals surface area contributed by atoms with Gasteiger partial charge in [-0.1, -0.05) is 45.4 Å². The molecule has 1 aromatic carbocycles. The first-order valence-corrected chi connectivity index (χ1v) is 11.1. The van der Waals surface area contributed by atoms with Gasteiger partial charge in [0.15, 0.2) is 0 Å². The van der Waals surface area contributed by atoms with Crippen LogP contribution in [0.3, 0.4) is 0 Å². The van der Waals surface area contributed by atoms with Gasteiger partial charge >= 0.3 is 0 Å². The van der Waals surface area contributed by atoms with Gasteiger partial charge in [-0.25, -0.2) is 0 Å². The second-order valence-electron chi connectivity index (χ2n) is 8.47. The summed E-state index contributed by atoms with van der Waals surface area (Å²) < 4.78 is 0. The molecule has 0 aliphatic heterocycles. The van der Waals surface area contributed by atoms with Gasteiger partial charge in [-0.3, -0.25) is 0 Å². The average molecular weight is 364 g/mol. The van der Waals surface area contributed by atoms with Crippen molar-refractivity contribution in [2.24, 2.45) is 17.8 Å². The van der Waals surface area contributed by atoms with Crippen molar-refractivity contribution in [3.05, 3.63) is 17.7 Å². The van der Waals surface area contributed by atoms with E-state index in [1.165, 1.54) is 69.8 Å². The van der Waals surface area contributed by atoms with E-state index in [1.807, 2.05) is 0 Å². The third-order valence-corrected chi connectivity index (χ3v) is 7.51. The Morgan fingerprint density at radius 1 is 0.833 bits per heavy atom. The molecule has 1 aromatic rings. The Morgan fingerprint density at radius 3 is 1.79 bits per heavy atom. The maximum Gasteiger partial charge on any atom is 0.129 e. The molecule has 3 heteroatoms. The number of phenolic OH excluding ortho intramolecular Hbond substituents is 1. The van der Waals surface area contributed by atoms with Crippen LogP contribution in [-0.2, 0) is 0 Å². The van der Waals surface area contributed by atoms with Crippen molar-refractivity contribution >= 4 is 29.1 Å². The second-order valence-corrected chi connectivity index (χ2v) is 9.71. The molecule has 0 aromatic heterocycles. The fourth-order valence-electron chi connectivity index (χ4n) is 4.81. The molecule has 0 saturated heterocycles. The highest BCUT2D eigenvalue weighted by molar-refractivity contribution is 7.30. The Bertz CT molecular complexity index is 518. The van der Waals surface area contributed by atoms with E-state index in [0.29, 0.717) is 11.7 Å². The van der Waals surface area contributed by atoms with Gasteiger partial charge in [0.25, 0.3) is 0 Å². The van der Waals surface area contributed by atoms with Crippen LogP contribution >= 0.6 is 18.5 Å². The molecule has 1 N–H and O–H groups in total. The number of rotatable bonds is 4. The van der Waals surface area contributed by atoms with E-state index in [1.54, 1.807) is 0 Å². The number of aromatic hydroxyl groups is 1. The fraction of sp³-hybridized carbons (Fsp3) is 0.714. The summed E-state index contributed by atoms with van der Waals surface area (Å²) in [6.45, 7) is 2.42. The number of phenols is 1. The molecule has 0 amide bonds. The van der Waals surface area contributed by atoms with E-state index >= 15 is 0 Å². The highest BCUT2D eigenvalue weighted by Gasteiger charge is 2.25. The van der Waals surface area contributed by atoms with Gasteiger partial charge in [0, 0.05) is 10.6 Å². The molecule has 0 radical (unpaired) electrons. The van der Waals surface area contributed by atoms with Crippen LogP contribution in [0.15, 0.2) is 12.1 Å². The van der Waals surface area contributed by atoms with Crippen molar-refractivity contribution in [2.45, 2.75) is 77.0 Å². The third-order valence-electron chi connectivity index (χ3n) is 6.63. The normalized spacial score (nSPS) is 31.1. The molecule has 1 nitrogen and oxygen atoms in total. The van der Waals surface area contributed by atoms with Gasteiger partial charge in [0.1, 0.15) is 5.75 Å². The third kappa shape index (κ3) is 4.74. The van der Waals surface area contributed by atoms with Crippen LogP contribution in [0.25, 0.3) is 0 Å². The molecule has 0 bridgehead atoms. The SMILES string of the molecule is CC1CCC(CCC2CCC(c3cc(P)c(O)c(P)c3)CC2)CC1. The molecular weight excluding hydrogens is 330 g/mol. The summed E-state index contributed by atoms with van der Waals surface area (Å²) in [7, 11) is 5.34. The maximum absolute atomic E-state index is 9.94. The summed E-state index contributed by atoms with van der Waals surface area (Å²) in [6, 6.07) is 4.34. The van der Waals surface area contributed by atoms with Gasteiger partial charge in [0.05, 0.1) is 0 Å². The summed E-state index contributed by atoms with van der Waals surface area (Å²) in [5.41, 5.74) is 1.42. The van der Waals surface area contributed by atoms with Crippen LogP contribution in [0.2, 0.25) is 0 Å². The van der Waals surface area contributed by atoms with Crippen molar-refractivity contribution in [1.82, 2.24) is 0 Å². The Hall–Kier alpha value is -0.120. The van der Waals surface area contributed by atoms with Crippen molar-refractivity contribution < 1.29 is 5.11 Å². The van der Waals surface area contributed by atoms with Crippen LogP contribution < -0.4 is 10.6 Å². The molecule has 0 spiro atoms. The largest absolute Gasteiger partial charge is 0.507 e. The van der Waals surface area contributed by atoms with Gasteiger partial charge in [-0.15, -0.1) is 18.5 Å². The fourth-order valence-corrected chi connectivity index (χ4v) is 5.70. The number of benzene rings is 1. The van der Waals surface area contributed by atoms with Crippen LogP contribution in [0.4, 0.5) is 0 Å². The minimum atomic E-state index is 0.407. The summed E-state index contributed by atoms with van der Waals surface area (Å²) in [5.74, 6) is 4.06. The maximum atomic E-state index is 9.94. The zero-order valence-corrected chi connectivity index (χ0v) is 17.4. The lowest BCUT2D eigenvalue weighted by Crippen LogP contribution is -2.18. The molecule has 134 valence electrons. The molecule has 2 aliphatic rings. The van der Waals surface area contributed by atoms with E-state index < -0.39 is 0 Å². The van der Waals surface area contributed by atoms with Crippen molar-refractivity contribution in [1.29, 1.82) is 0 Å². The van der Waals surface area contributed by atoms with Gasteiger partial charge < -0.3 is 5.11 Å². The molecule has 2 unspecified atom stereocenters. The molecule has 2 fully saturated rings. The zero-order valence-electron chi connectivity index (χ0n) is 15.1. The smallest absolute Gasteiger partial charge is 0.129 e. The number of hydrogen-bond acceptors (Lipinski definition) is 1. The topological polar surface area (TPSA) is 20.2 Å². The molecule has 2 saturated carbocycles. The minimum absolute atomic E-state index is 0.407. The predicted molar refractivity (Wildman–Crippen MR) is 112 cm³/mol. The highest BCUT2D eigenvalue weighted by atomic mass is 31.0. The van der Waals surface area contributed by atoms with Crippen LogP contribution in [0.1, 0.15) is 82.6 Å². The molecule has 2 atom stereocenters. The lowest BCUT2D eigenvalue weighted by molar-refractivity contribution is 0.237. The second kappa shape index (κ2) is 8.51. The van der Waals surface area contributed by atoms with E-state index in [0.717, 1.165) is 28.4 Å². The van der Waals surface area contributed by atoms with Crippen molar-refractivity contribution in [3.8, 4) is 5.75 Å². The zero-order chi connectivity index (χ0) is 17.1. The Labute approximate surface area is 152 Å². The van der Waals surface area contributed by atoms with Crippen LogP contribution in [0, 0.1) is 17.8 Å². The first-order valence-electron chi connectivity index (χ1n) is 9.90.